The summed E-state index contributed by atoms with van der Waals surface area (Å²) < 4.78 is 37.6. The summed E-state index contributed by atoms with van der Waals surface area (Å²) in [6.07, 6.45) is -3.29. The lowest BCUT2D eigenvalue weighted by Gasteiger charge is -2.14. The molecule has 1 aromatic carbocycles. The fourth-order valence-corrected chi connectivity index (χ4v) is 1.54. The third kappa shape index (κ3) is 2.48. The minimum absolute atomic E-state index is 0.159. The van der Waals surface area contributed by atoms with Crippen LogP contribution in [0.15, 0.2) is 18.2 Å². The SMILES string of the molecule is Cc1ccc(C(F)(F)F)cc1NC(=O)C1(N)CC1. The van der Waals surface area contributed by atoms with Gasteiger partial charge in [0.2, 0.25) is 5.91 Å². The highest BCUT2D eigenvalue weighted by Gasteiger charge is 2.46. The maximum atomic E-state index is 12.5. The van der Waals surface area contributed by atoms with Gasteiger partial charge in [0, 0.05) is 5.69 Å². The third-order valence-corrected chi connectivity index (χ3v) is 3.05. The standard InChI is InChI=1S/C12H13F3N2O/c1-7-2-3-8(12(13,14)15)6-9(7)17-10(18)11(16)4-5-11/h2-3,6H,4-5,16H2,1H3,(H,17,18). The van der Waals surface area contributed by atoms with Crippen molar-refractivity contribution in [3.8, 4) is 0 Å². The van der Waals surface area contributed by atoms with Gasteiger partial charge in [-0.05, 0) is 37.5 Å². The Hall–Kier alpha value is -1.56. The lowest BCUT2D eigenvalue weighted by Crippen LogP contribution is -2.38. The van der Waals surface area contributed by atoms with E-state index in [4.69, 9.17) is 5.73 Å². The number of nitrogens with two attached hydrogens (primary N) is 1. The lowest BCUT2D eigenvalue weighted by atomic mass is 10.1. The summed E-state index contributed by atoms with van der Waals surface area (Å²) in [6.45, 7) is 1.63. The molecule has 0 saturated heterocycles. The molecule has 18 heavy (non-hydrogen) atoms. The number of amides is 1. The topological polar surface area (TPSA) is 55.1 Å². The van der Waals surface area contributed by atoms with E-state index < -0.39 is 23.2 Å². The molecular weight excluding hydrogens is 245 g/mol. The molecule has 0 aromatic heterocycles. The summed E-state index contributed by atoms with van der Waals surface area (Å²) in [5, 5.41) is 2.46. The van der Waals surface area contributed by atoms with Crippen molar-refractivity contribution >= 4 is 11.6 Å². The molecule has 0 aliphatic heterocycles. The summed E-state index contributed by atoms with van der Waals surface area (Å²) in [4.78, 5) is 11.7. The molecule has 3 nitrogen and oxygen atoms in total. The van der Waals surface area contributed by atoms with Gasteiger partial charge < -0.3 is 11.1 Å². The molecule has 2 rings (SSSR count). The predicted octanol–water partition coefficient (Wildman–Crippen LogP) is 2.44. The van der Waals surface area contributed by atoms with E-state index in [1.165, 1.54) is 6.07 Å². The second kappa shape index (κ2) is 3.98. The van der Waals surface area contributed by atoms with E-state index in [0.717, 1.165) is 12.1 Å². The van der Waals surface area contributed by atoms with E-state index in [2.05, 4.69) is 5.32 Å². The van der Waals surface area contributed by atoms with Crippen LogP contribution >= 0.6 is 0 Å². The summed E-state index contributed by atoms with van der Waals surface area (Å²) >= 11 is 0. The van der Waals surface area contributed by atoms with Crippen LogP contribution in [-0.2, 0) is 11.0 Å². The average Bonchev–Trinajstić information content (AvgIpc) is 2.99. The Labute approximate surface area is 102 Å². The Morgan fingerprint density at radius 3 is 2.50 bits per heavy atom. The first-order valence-corrected chi connectivity index (χ1v) is 5.50. The van der Waals surface area contributed by atoms with Gasteiger partial charge in [-0.2, -0.15) is 13.2 Å². The fourth-order valence-electron chi connectivity index (χ4n) is 1.54. The molecule has 0 atom stereocenters. The van der Waals surface area contributed by atoms with Gasteiger partial charge >= 0.3 is 6.18 Å². The highest BCUT2D eigenvalue weighted by molar-refractivity contribution is 6.00. The molecule has 1 aromatic rings. The van der Waals surface area contributed by atoms with Crippen LogP contribution in [-0.4, -0.2) is 11.4 Å². The number of nitrogens with one attached hydrogen (secondary N) is 1. The molecule has 0 bridgehead atoms. The molecule has 1 aliphatic carbocycles. The number of benzene rings is 1. The molecular formula is C12H13F3N2O. The molecule has 3 N–H and O–H groups in total. The van der Waals surface area contributed by atoms with Crippen molar-refractivity contribution in [2.45, 2.75) is 31.5 Å². The van der Waals surface area contributed by atoms with Gasteiger partial charge in [-0.15, -0.1) is 0 Å². The Kier molecular flexibility index (Phi) is 2.85. The van der Waals surface area contributed by atoms with Crippen LogP contribution in [0.5, 0.6) is 0 Å². The summed E-state index contributed by atoms with van der Waals surface area (Å²) in [5.74, 6) is -0.426. The zero-order valence-corrected chi connectivity index (χ0v) is 9.77. The van der Waals surface area contributed by atoms with E-state index in [-0.39, 0.29) is 5.69 Å². The van der Waals surface area contributed by atoms with E-state index >= 15 is 0 Å². The number of hydrogen-bond acceptors (Lipinski definition) is 2. The van der Waals surface area contributed by atoms with Crippen LogP contribution in [0.25, 0.3) is 0 Å². The van der Waals surface area contributed by atoms with Crippen molar-refractivity contribution in [1.82, 2.24) is 0 Å². The van der Waals surface area contributed by atoms with Crippen molar-refractivity contribution in [2.75, 3.05) is 5.32 Å². The van der Waals surface area contributed by atoms with Crippen molar-refractivity contribution in [3.05, 3.63) is 29.3 Å². The molecule has 1 fully saturated rings. The summed E-state index contributed by atoms with van der Waals surface area (Å²) in [7, 11) is 0. The van der Waals surface area contributed by atoms with E-state index in [1.807, 2.05) is 0 Å². The normalized spacial score (nSPS) is 17.4. The van der Waals surface area contributed by atoms with Crippen molar-refractivity contribution in [3.63, 3.8) is 0 Å². The Balaban J connectivity index is 2.24. The highest BCUT2D eigenvalue weighted by atomic mass is 19.4. The average molecular weight is 258 g/mol. The molecule has 0 heterocycles. The minimum atomic E-state index is -4.42. The summed E-state index contributed by atoms with van der Waals surface area (Å²) in [6, 6.07) is 3.24. The van der Waals surface area contributed by atoms with Gasteiger partial charge in [-0.1, -0.05) is 6.07 Å². The quantitative estimate of drug-likeness (QED) is 0.856. The molecule has 0 unspecified atom stereocenters. The molecule has 1 amide bonds. The van der Waals surface area contributed by atoms with E-state index in [0.29, 0.717) is 18.4 Å². The number of aryl methyl sites for hydroxylation is 1. The molecule has 1 saturated carbocycles. The molecule has 0 radical (unpaired) electrons. The van der Waals surface area contributed by atoms with E-state index in [1.54, 1.807) is 6.92 Å². The number of rotatable bonds is 2. The largest absolute Gasteiger partial charge is 0.416 e. The number of carbonyl (C=O) groups is 1. The Bertz CT molecular complexity index is 493. The number of halogens is 3. The second-order valence-corrected chi connectivity index (χ2v) is 4.64. The lowest BCUT2D eigenvalue weighted by molar-refractivity contribution is -0.137. The van der Waals surface area contributed by atoms with Crippen LogP contribution < -0.4 is 11.1 Å². The van der Waals surface area contributed by atoms with E-state index in [9.17, 15) is 18.0 Å². The Morgan fingerprint density at radius 2 is 2.00 bits per heavy atom. The number of alkyl halides is 3. The van der Waals surface area contributed by atoms with Crippen LogP contribution in [0, 0.1) is 6.92 Å². The number of hydrogen-bond donors (Lipinski definition) is 2. The molecule has 1 aliphatic rings. The molecule has 98 valence electrons. The van der Waals surface area contributed by atoms with Crippen LogP contribution in [0.3, 0.4) is 0 Å². The Morgan fingerprint density at radius 1 is 1.39 bits per heavy atom. The first kappa shape index (κ1) is 12.9. The van der Waals surface area contributed by atoms with Crippen LogP contribution in [0.4, 0.5) is 18.9 Å². The number of carbonyl (C=O) groups excluding carboxylic acids is 1. The van der Waals surface area contributed by atoms with Gasteiger partial charge in [-0.25, -0.2) is 0 Å². The van der Waals surface area contributed by atoms with Crippen molar-refractivity contribution in [2.24, 2.45) is 5.73 Å². The molecule has 0 spiro atoms. The van der Waals surface area contributed by atoms with Crippen LogP contribution in [0.2, 0.25) is 0 Å². The van der Waals surface area contributed by atoms with Crippen molar-refractivity contribution < 1.29 is 18.0 Å². The zero-order chi connectivity index (χ0) is 13.6. The maximum Gasteiger partial charge on any atom is 0.416 e. The van der Waals surface area contributed by atoms with Gasteiger partial charge in [0.25, 0.3) is 0 Å². The third-order valence-electron chi connectivity index (χ3n) is 3.05. The first-order valence-electron chi connectivity index (χ1n) is 5.50. The highest BCUT2D eigenvalue weighted by Crippen LogP contribution is 2.35. The predicted molar refractivity (Wildman–Crippen MR) is 61.0 cm³/mol. The van der Waals surface area contributed by atoms with Gasteiger partial charge in [-0.3, -0.25) is 4.79 Å². The first-order chi connectivity index (χ1) is 8.22. The maximum absolute atomic E-state index is 12.5. The number of anilines is 1. The van der Waals surface area contributed by atoms with Crippen molar-refractivity contribution in [1.29, 1.82) is 0 Å². The fraction of sp³-hybridized carbons (Fsp3) is 0.417. The van der Waals surface area contributed by atoms with Gasteiger partial charge in [0.1, 0.15) is 0 Å². The second-order valence-electron chi connectivity index (χ2n) is 4.64. The summed E-state index contributed by atoms with van der Waals surface area (Å²) in [5.41, 5.74) is 4.72. The van der Waals surface area contributed by atoms with Crippen LogP contribution in [0.1, 0.15) is 24.0 Å². The molecule has 6 heteroatoms. The zero-order valence-electron chi connectivity index (χ0n) is 9.77. The minimum Gasteiger partial charge on any atom is -0.324 e. The van der Waals surface area contributed by atoms with Gasteiger partial charge in [0.05, 0.1) is 11.1 Å². The smallest absolute Gasteiger partial charge is 0.324 e. The monoisotopic (exact) mass is 258 g/mol. The van der Waals surface area contributed by atoms with Gasteiger partial charge in [0.15, 0.2) is 0 Å².